The maximum atomic E-state index is 11.6. The number of ether oxygens (including phenoxy) is 1. The van der Waals surface area contributed by atoms with E-state index < -0.39 is 0 Å². The number of hydrogen-bond donors (Lipinski definition) is 1. The monoisotopic (exact) mass is 289 g/mol. The number of carbonyl (C=O) groups is 1. The van der Waals surface area contributed by atoms with E-state index in [2.05, 4.69) is 12.2 Å². The molecule has 3 nitrogen and oxygen atoms in total. The highest BCUT2D eigenvalue weighted by Gasteiger charge is 2.18. The topological polar surface area (TPSA) is 38.3 Å². The highest BCUT2D eigenvalue weighted by Crippen LogP contribution is 2.23. The summed E-state index contributed by atoms with van der Waals surface area (Å²) in [5.41, 5.74) is 0.721. The Kier molecular flexibility index (Phi) is 6.30. The normalized spacial score (nSPS) is 12.0. The second-order valence-electron chi connectivity index (χ2n) is 4.02. The van der Waals surface area contributed by atoms with Crippen molar-refractivity contribution in [3.05, 3.63) is 28.2 Å². The number of hydrogen-bond acceptors (Lipinski definition) is 3. The van der Waals surface area contributed by atoms with Crippen LogP contribution in [0.15, 0.2) is 18.2 Å². The standard InChI is InChI=1S/C13H17Cl2NO2/c1-3-4-5-12(13(17)18-2)16-11-7-9(14)6-10(15)8-11/h6-8,12,16H,3-5H2,1-2H3. The van der Waals surface area contributed by atoms with E-state index in [-0.39, 0.29) is 12.0 Å². The zero-order valence-corrected chi connectivity index (χ0v) is 12.0. The van der Waals surface area contributed by atoms with Crippen molar-refractivity contribution in [2.45, 2.75) is 32.2 Å². The van der Waals surface area contributed by atoms with Crippen molar-refractivity contribution in [3.63, 3.8) is 0 Å². The molecule has 5 heteroatoms. The molecule has 0 amide bonds. The molecule has 0 aliphatic heterocycles. The van der Waals surface area contributed by atoms with Crippen LogP contribution in [0.3, 0.4) is 0 Å². The maximum Gasteiger partial charge on any atom is 0.328 e. The van der Waals surface area contributed by atoms with E-state index in [0.29, 0.717) is 16.5 Å². The van der Waals surface area contributed by atoms with Crippen molar-refractivity contribution in [1.29, 1.82) is 0 Å². The van der Waals surface area contributed by atoms with Gasteiger partial charge in [-0.2, -0.15) is 0 Å². The number of rotatable bonds is 6. The Bertz CT molecular complexity index is 390. The number of nitrogens with one attached hydrogen (secondary N) is 1. The smallest absolute Gasteiger partial charge is 0.328 e. The minimum absolute atomic E-state index is 0.278. The van der Waals surface area contributed by atoms with Gasteiger partial charge in [0, 0.05) is 15.7 Å². The lowest BCUT2D eigenvalue weighted by Gasteiger charge is -2.17. The van der Waals surface area contributed by atoms with Crippen molar-refractivity contribution in [3.8, 4) is 0 Å². The van der Waals surface area contributed by atoms with Gasteiger partial charge >= 0.3 is 5.97 Å². The van der Waals surface area contributed by atoms with Crippen LogP contribution in [0.4, 0.5) is 5.69 Å². The fraction of sp³-hybridized carbons (Fsp3) is 0.462. The summed E-state index contributed by atoms with van der Waals surface area (Å²) >= 11 is 11.8. The molecule has 1 unspecified atom stereocenters. The Balaban J connectivity index is 2.78. The van der Waals surface area contributed by atoms with Crippen LogP contribution in [0.5, 0.6) is 0 Å². The van der Waals surface area contributed by atoms with Crippen LogP contribution in [0.2, 0.25) is 10.0 Å². The maximum absolute atomic E-state index is 11.6. The first-order chi connectivity index (χ1) is 8.56. The Morgan fingerprint density at radius 2 is 1.94 bits per heavy atom. The Hall–Kier alpha value is -0.930. The number of halogens is 2. The van der Waals surface area contributed by atoms with Gasteiger partial charge in [-0.15, -0.1) is 0 Å². The summed E-state index contributed by atoms with van der Waals surface area (Å²) in [6, 6.07) is 4.74. The van der Waals surface area contributed by atoms with Gasteiger partial charge in [0.1, 0.15) is 6.04 Å². The number of carbonyl (C=O) groups excluding carboxylic acids is 1. The second-order valence-corrected chi connectivity index (χ2v) is 4.89. The molecule has 1 aromatic carbocycles. The van der Waals surface area contributed by atoms with Gasteiger partial charge < -0.3 is 10.1 Å². The molecule has 0 saturated heterocycles. The largest absolute Gasteiger partial charge is 0.467 e. The predicted molar refractivity (Wildman–Crippen MR) is 75.4 cm³/mol. The van der Waals surface area contributed by atoms with E-state index in [9.17, 15) is 4.79 Å². The van der Waals surface area contributed by atoms with Crippen molar-refractivity contribution < 1.29 is 9.53 Å². The van der Waals surface area contributed by atoms with Crippen LogP contribution in [0.25, 0.3) is 0 Å². The van der Waals surface area contributed by atoms with Crippen LogP contribution < -0.4 is 5.32 Å². The van der Waals surface area contributed by atoms with Crippen LogP contribution >= 0.6 is 23.2 Å². The molecular weight excluding hydrogens is 273 g/mol. The number of benzene rings is 1. The molecule has 1 atom stereocenters. The number of methoxy groups -OCH3 is 1. The summed E-state index contributed by atoms with van der Waals surface area (Å²) in [6.07, 6.45) is 2.68. The van der Waals surface area contributed by atoms with Crippen LogP contribution in [0.1, 0.15) is 26.2 Å². The van der Waals surface area contributed by atoms with E-state index in [1.807, 2.05) is 0 Å². The van der Waals surface area contributed by atoms with Gasteiger partial charge in [-0.05, 0) is 24.6 Å². The van der Waals surface area contributed by atoms with Crippen LogP contribution in [-0.2, 0) is 9.53 Å². The average molecular weight is 290 g/mol. The zero-order chi connectivity index (χ0) is 13.5. The predicted octanol–water partition coefficient (Wildman–Crippen LogP) is 4.14. The third-order valence-corrected chi connectivity index (χ3v) is 2.97. The molecule has 1 aromatic rings. The van der Waals surface area contributed by atoms with Gasteiger partial charge in [-0.1, -0.05) is 43.0 Å². The fourth-order valence-corrected chi connectivity index (χ4v) is 2.16. The molecule has 1 N–H and O–H groups in total. The minimum atomic E-state index is -0.371. The van der Waals surface area contributed by atoms with Gasteiger partial charge in [0.25, 0.3) is 0 Å². The van der Waals surface area contributed by atoms with E-state index in [0.717, 1.165) is 18.5 Å². The fourth-order valence-electron chi connectivity index (χ4n) is 1.64. The number of unbranched alkanes of at least 4 members (excludes halogenated alkanes) is 1. The van der Waals surface area contributed by atoms with Gasteiger partial charge in [-0.25, -0.2) is 4.79 Å². The number of anilines is 1. The zero-order valence-electron chi connectivity index (χ0n) is 10.5. The van der Waals surface area contributed by atoms with Gasteiger partial charge in [0.2, 0.25) is 0 Å². The van der Waals surface area contributed by atoms with Crippen LogP contribution in [-0.4, -0.2) is 19.1 Å². The molecule has 1 rings (SSSR count). The minimum Gasteiger partial charge on any atom is -0.467 e. The lowest BCUT2D eigenvalue weighted by Crippen LogP contribution is -2.30. The third kappa shape index (κ3) is 4.75. The molecule has 0 fully saturated rings. The first kappa shape index (κ1) is 15.1. The molecule has 0 radical (unpaired) electrons. The van der Waals surface area contributed by atoms with Crippen molar-refractivity contribution in [2.75, 3.05) is 12.4 Å². The summed E-state index contributed by atoms with van der Waals surface area (Å²) < 4.78 is 4.77. The summed E-state index contributed by atoms with van der Waals surface area (Å²) in [7, 11) is 1.38. The Labute approximate surface area is 117 Å². The van der Waals surface area contributed by atoms with Gasteiger partial charge in [-0.3, -0.25) is 0 Å². The molecule has 0 bridgehead atoms. The van der Waals surface area contributed by atoms with Crippen molar-refractivity contribution >= 4 is 34.9 Å². The lowest BCUT2D eigenvalue weighted by molar-refractivity contribution is -0.141. The molecule has 0 saturated carbocycles. The molecule has 0 heterocycles. The van der Waals surface area contributed by atoms with E-state index in [1.54, 1.807) is 18.2 Å². The second kappa shape index (κ2) is 7.49. The van der Waals surface area contributed by atoms with Crippen molar-refractivity contribution in [2.24, 2.45) is 0 Å². The third-order valence-electron chi connectivity index (χ3n) is 2.54. The quantitative estimate of drug-likeness (QED) is 0.800. The van der Waals surface area contributed by atoms with E-state index in [4.69, 9.17) is 27.9 Å². The van der Waals surface area contributed by atoms with Crippen molar-refractivity contribution in [1.82, 2.24) is 0 Å². The van der Waals surface area contributed by atoms with Crippen LogP contribution in [0, 0.1) is 0 Å². The summed E-state index contributed by atoms with van der Waals surface area (Å²) in [5, 5.41) is 4.17. The molecule has 0 spiro atoms. The highest BCUT2D eigenvalue weighted by molar-refractivity contribution is 6.35. The van der Waals surface area contributed by atoms with Gasteiger partial charge in [0.15, 0.2) is 0 Å². The summed E-state index contributed by atoms with van der Waals surface area (Å²) in [6.45, 7) is 2.07. The summed E-state index contributed by atoms with van der Waals surface area (Å²) in [5.74, 6) is -0.278. The first-order valence-corrected chi connectivity index (χ1v) is 6.63. The first-order valence-electron chi connectivity index (χ1n) is 5.87. The average Bonchev–Trinajstić information content (AvgIpc) is 2.32. The summed E-state index contributed by atoms with van der Waals surface area (Å²) in [4.78, 5) is 11.6. The SMILES string of the molecule is CCCCC(Nc1cc(Cl)cc(Cl)c1)C(=O)OC. The lowest BCUT2D eigenvalue weighted by atomic mass is 10.1. The van der Waals surface area contributed by atoms with E-state index in [1.165, 1.54) is 7.11 Å². The highest BCUT2D eigenvalue weighted by atomic mass is 35.5. The molecule has 0 aromatic heterocycles. The molecular formula is C13H17Cl2NO2. The molecule has 0 aliphatic carbocycles. The van der Waals surface area contributed by atoms with Gasteiger partial charge in [0.05, 0.1) is 7.11 Å². The Morgan fingerprint density at radius 1 is 1.33 bits per heavy atom. The van der Waals surface area contributed by atoms with E-state index >= 15 is 0 Å². The molecule has 100 valence electrons. The molecule has 18 heavy (non-hydrogen) atoms. The molecule has 0 aliphatic rings. The number of esters is 1. The Morgan fingerprint density at radius 3 is 2.44 bits per heavy atom.